The number of benzene rings is 1. The molecule has 3 rings (SSSR count). The van der Waals surface area contributed by atoms with E-state index in [9.17, 15) is 8.42 Å². The zero-order chi connectivity index (χ0) is 17.2. The largest absolute Gasteiger partial charge is 0.423 e. The van der Waals surface area contributed by atoms with Gasteiger partial charge in [0, 0.05) is 40.3 Å². The van der Waals surface area contributed by atoms with Crippen LogP contribution in [0.3, 0.4) is 0 Å². The summed E-state index contributed by atoms with van der Waals surface area (Å²) in [5, 5.41) is 0. The summed E-state index contributed by atoms with van der Waals surface area (Å²) >= 11 is 0. The first-order valence-corrected chi connectivity index (χ1v) is 9.80. The third kappa shape index (κ3) is 3.88. The van der Waals surface area contributed by atoms with Crippen molar-refractivity contribution in [3.8, 4) is 0 Å². The van der Waals surface area contributed by atoms with Gasteiger partial charge in [-0.25, -0.2) is 12.7 Å². The molecular weight excluding hydrogens is 328 g/mol. The van der Waals surface area contributed by atoms with E-state index in [1.54, 1.807) is 14.1 Å². The van der Waals surface area contributed by atoms with Crippen LogP contribution < -0.4 is 4.90 Å². The molecule has 0 saturated carbocycles. The highest BCUT2D eigenvalue weighted by atomic mass is 32.2. The van der Waals surface area contributed by atoms with Gasteiger partial charge in [0.1, 0.15) is 5.52 Å². The molecule has 1 aliphatic rings. The van der Waals surface area contributed by atoms with Crippen LogP contribution in [-0.4, -0.2) is 75.2 Å². The molecule has 0 atom stereocenters. The van der Waals surface area contributed by atoms with Crippen molar-refractivity contribution in [1.29, 1.82) is 0 Å². The van der Waals surface area contributed by atoms with E-state index in [2.05, 4.69) is 14.8 Å². The smallest absolute Gasteiger partial charge is 0.298 e. The summed E-state index contributed by atoms with van der Waals surface area (Å²) in [5.74, 6) is 0.200. The van der Waals surface area contributed by atoms with Gasteiger partial charge in [0.15, 0.2) is 5.58 Å². The molecule has 0 N–H and O–H groups in total. The zero-order valence-corrected chi connectivity index (χ0v) is 15.0. The number of hydrogen-bond donors (Lipinski definition) is 0. The molecule has 0 bridgehead atoms. The van der Waals surface area contributed by atoms with Gasteiger partial charge < -0.3 is 9.32 Å². The zero-order valence-electron chi connectivity index (χ0n) is 14.2. The Kier molecular flexibility index (Phi) is 5.07. The normalized spacial score (nSPS) is 17.0. The molecule has 1 aromatic heterocycles. The highest BCUT2D eigenvalue weighted by molar-refractivity contribution is 7.89. The quantitative estimate of drug-likeness (QED) is 0.779. The fourth-order valence-corrected chi connectivity index (χ4v) is 3.67. The second-order valence-corrected chi connectivity index (χ2v) is 8.55. The molecule has 2 aromatic rings. The monoisotopic (exact) mass is 352 g/mol. The van der Waals surface area contributed by atoms with E-state index in [-0.39, 0.29) is 5.75 Å². The van der Waals surface area contributed by atoms with Crippen LogP contribution in [-0.2, 0) is 10.0 Å². The lowest BCUT2D eigenvalue weighted by Gasteiger charge is -2.33. The number of oxazole rings is 1. The van der Waals surface area contributed by atoms with E-state index >= 15 is 0 Å². The summed E-state index contributed by atoms with van der Waals surface area (Å²) in [5.41, 5.74) is 1.69. The second-order valence-electron chi connectivity index (χ2n) is 6.24. The topological polar surface area (TPSA) is 69.9 Å². The lowest BCUT2D eigenvalue weighted by atomic mass is 10.3. The standard InChI is InChI=1S/C16H24N4O3S/c1-18(2)24(21,22)13-5-8-19-9-11-20(12-10-19)16-17-14-6-3-4-7-15(14)23-16/h3-4,6-7H,5,8-13H2,1-2H3. The summed E-state index contributed by atoms with van der Waals surface area (Å²) in [4.78, 5) is 8.97. The number of rotatable bonds is 6. The van der Waals surface area contributed by atoms with E-state index in [4.69, 9.17) is 4.42 Å². The summed E-state index contributed by atoms with van der Waals surface area (Å²) in [7, 11) is 0.0593. The maximum absolute atomic E-state index is 11.8. The second kappa shape index (κ2) is 7.08. The Morgan fingerprint density at radius 3 is 2.54 bits per heavy atom. The van der Waals surface area contributed by atoms with Crippen LogP contribution in [0.4, 0.5) is 6.01 Å². The summed E-state index contributed by atoms with van der Waals surface area (Å²) in [6.45, 7) is 4.26. The first-order chi connectivity index (χ1) is 11.5. The van der Waals surface area contributed by atoms with E-state index in [1.165, 1.54) is 4.31 Å². The predicted molar refractivity (Wildman–Crippen MR) is 94.8 cm³/mol. The maximum atomic E-state index is 11.8. The molecule has 132 valence electrons. The molecule has 0 unspecified atom stereocenters. The molecule has 8 heteroatoms. The molecule has 0 amide bonds. The van der Waals surface area contributed by atoms with Crippen molar-refractivity contribution >= 4 is 27.1 Å². The Balaban J connectivity index is 1.49. The average Bonchev–Trinajstić information content (AvgIpc) is 2.99. The van der Waals surface area contributed by atoms with Crippen molar-refractivity contribution in [3.05, 3.63) is 24.3 Å². The molecule has 0 aliphatic carbocycles. The Hall–Kier alpha value is -1.64. The lowest BCUT2D eigenvalue weighted by molar-refractivity contribution is 0.254. The summed E-state index contributed by atoms with van der Waals surface area (Å²) in [6, 6.07) is 8.44. The molecule has 1 aromatic carbocycles. The third-order valence-corrected chi connectivity index (χ3v) is 6.28. The van der Waals surface area contributed by atoms with Gasteiger partial charge in [-0.1, -0.05) is 12.1 Å². The third-order valence-electron chi connectivity index (χ3n) is 4.36. The van der Waals surface area contributed by atoms with Crippen molar-refractivity contribution in [2.24, 2.45) is 0 Å². The van der Waals surface area contributed by atoms with E-state index < -0.39 is 10.0 Å². The van der Waals surface area contributed by atoms with Crippen LogP contribution >= 0.6 is 0 Å². The Morgan fingerprint density at radius 1 is 1.17 bits per heavy atom. The van der Waals surface area contributed by atoms with Crippen molar-refractivity contribution in [2.45, 2.75) is 6.42 Å². The molecule has 7 nitrogen and oxygen atoms in total. The van der Waals surface area contributed by atoms with Crippen molar-refractivity contribution in [2.75, 3.05) is 57.5 Å². The van der Waals surface area contributed by atoms with Crippen LogP contribution in [0.2, 0.25) is 0 Å². The van der Waals surface area contributed by atoms with Gasteiger partial charge >= 0.3 is 0 Å². The molecule has 0 spiro atoms. The predicted octanol–water partition coefficient (Wildman–Crippen LogP) is 1.23. The van der Waals surface area contributed by atoms with Crippen LogP contribution in [0, 0.1) is 0 Å². The molecule has 1 saturated heterocycles. The minimum atomic E-state index is -3.10. The average molecular weight is 352 g/mol. The van der Waals surface area contributed by atoms with Gasteiger partial charge in [-0.15, -0.1) is 0 Å². The molecule has 0 radical (unpaired) electrons. The van der Waals surface area contributed by atoms with Crippen LogP contribution in [0.25, 0.3) is 11.1 Å². The van der Waals surface area contributed by atoms with Crippen LogP contribution in [0.1, 0.15) is 6.42 Å². The van der Waals surface area contributed by atoms with Crippen LogP contribution in [0.5, 0.6) is 0 Å². The number of para-hydroxylation sites is 2. The Labute approximate surface area is 142 Å². The number of nitrogens with zero attached hydrogens (tertiary/aromatic N) is 4. The number of aromatic nitrogens is 1. The Bertz CT molecular complexity index is 746. The van der Waals surface area contributed by atoms with E-state index in [1.807, 2.05) is 24.3 Å². The first-order valence-electron chi connectivity index (χ1n) is 8.19. The van der Waals surface area contributed by atoms with Crippen molar-refractivity contribution < 1.29 is 12.8 Å². The first kappa shape index (κ1) is 17.2. The summed E-state index contributed by atoms with van der Waals surface area (Å²) in [6.07, 6.45) is 0.656. The van der Waals surface area contributed by atoms with Gasteiger partial charge in [0.25, 0.3) is 6.01 Å². The van der Waals surface area contributed by atoms with Gasteiger partial charge in [0.05, 0.1) is 5.75 Å². The van der Waals surface area contributed by atoms with Gasteiger partial charge in [0.2, 0.25) is 10.0 Å². The molecular formula is C16H24N4O3S. The maximum Gasteiger partial charge on any atom is 0.298 e. The van der Waals surface area contributed by atoms with Gasteiger partial charge in [-0.3, -0.25) is 4.90 Å². The van der Waals surface area contributed by atoms with Crippen LogP contribution in [0.15, 0.2) is 28.7 Å². The van der Waals surface area contributed by atoms with E-state index in [0.29, 0.717) is 12.4 Å². The molecule has 24 heavy (non-hydrogen) atoms. The minimum absolute atomic E-state index is 0.200. The highest BCUT2D eigenvalue weighted by Crippen LogP contribution is 2.22. The molecule has 1 aliphatic heterocycles. The molecule has 2 heterocycles. The lowest BCUT2D eigenvalue weighted by Crippen LogP contribution is -2.47. The summed E-state index contributed by atoms with van der Waals surface area (Å²) < 4.78 is 30.6. The van der Waals surface area contributed by atoms with Crippen molar-refractivity contribution in [1.82, 2.24) is 14.2 Å². The Morgan fingerprint density at radius 2 is 1.88 bits per heavy atom. The number of fused-ring (bicyclic) bond motifs is 1. The highest BCUT2D eigenvalue weighted by Gasteiger charge is 2.21. The number of sulfonamides is 1. The number of piperazine rings is 1. The van der Waals surface area contributed by atoms with Crippen molar-refractivity contribution in [3.63, 3.8) is 0 Å². The fourth-order valence-electron chi connectivity index (χ4n) is 2.81. The number of hydrogen-bond acceptors (Lipinski definition) is 6. The minimum Gasteiger partial charge on any atom is -0.423 e. The molecule has 1 fully saturated rings. The van der Waals surface area contributed by atoms with Gasteiger partial charge in [-0.2, -0.15) is 4.98 Å². The van der Waals surface area contributed by atoms with E-state index in [0.717, 1.165) is 43.8 Å². The fraction of sp³-hybridized carbons (Fsp3) is 0.562. The SMILES string of the molecule is CN(C)S(=O)(=O)CCCN1CCN(c2nc3ccccc3o2)CC1. The number of anilines is 1. The van der Waals surface area contributed by atoms with Gasteiger partial charge in [-0.05, 0) is 25.1 Å².